The van der Waals surface area contributed by atoms with Crippen LogP contribution >= 0.6 is 0 Å². The maximum absolute atomic E-state index is 12.4. The highest BCUT2D eigenvalue weighted by atomic mass is 16.1. The number of Topliss-reactive ketones (excluding diaryl/α,β-unsaturated/α-hetero) is 1. The maximum Gasteiger partial charge on any atom is 0.278 e. The van der Waals surface area contributed by atoms with Crippen molar-refractivity contribution in [3.8, 4) is 0 Å². The van der Waals surface area contributed by atoms with Crippen LogP contribution in [-0.2, 0) is 6.54 Å². The molecule has 3 aromatic rings. The fourth-order valence-electron chi connectivity index (χ4n) is 2.59. The van der Waals surface area contributed by atoms with Crippen molar-refractivity contribution in [3.05, 3.63) is 70.0 Å². The van der Waals surface area contributed by atoms with Crippen LogP contribution in [0.1, 0.15) is 42.1 Å². The lowest BCUT2D eigenvalue weighted by molar-refractivity contribution is 0.0964. The summed E-state index contributed by atoms with van der Waals surface area (Å²) in [7, 11) is 0. The molecule has 1 heterocycles. The maximum atomic E-state index is 12.4. The zero-order chi connectivity index (χ0) is 17.1. The Bertz CT molecular complexity index is 929. The Hall–Kier alpha value is -2.82. The molecule has 0 saturated heterocycles. The van der Waals surface area contributed by atoms with Gasteiger partial charge in [0.05, 0.1) is 5.39 Å². The van der Waals surface area contributed by atoms with Gasteiger partial charge in [0.25, 0.3) is 5.56 Å². The van der Waals surface area contributed by atoms with Gasteiger partial charge < -0.3 is 0 Å². The van der Waals surface area contributed by atoms with Gasteiger partial charge in [-0.05, 0) is 30.0 Å². The predicted molar refractivity (Wildman–Crippen MR) is 93.3 cm³/mol. The number of ketones is 1. The Labute approximate surface area is 139 Å². The smallest absolute Gasteiger partial charge is 0.278 e. The number of rotatable bonds is 5. The number of hydrogen-bond acceptors (Lipinski definition) is 4. The number of benzene rings is 2. The first-order valence-electron chi connectivity index (χ1n) is 8.06. The molecule has 0 amide bonds. The molecule has 1 atom stereocenters. The lowest BCUT2D eigenvalue weighted by Gasteiger charge is -2.09. The summed E-state index contributed by atoms with van der Waals surface area (Å²) in [5, 5.41) is 8.33. The third kappa shape index (κ3) is 3.11. The minimum atomic E-state index is -0.301. The van der Waals surface area contributed by atoms with E-state index < -0.39 is 0 Å². The van der Waals surface area contributed by atoms with Gasteiger partial charge in [-0.2, -0.15) is 0 Å². The summed E-state index contributed by atoms with van der Waals surface area (Å²) in [6, 6.07) is 14.5. The molecule has 5 heteroatoms. The first-order chi connectivity index (χ1) is 11.6. The van der Waals surface area contributed by atoms with Crippen LogP contribution in [0.3, 0.4) is 0 Å². The molecule has 3 rings (SSSR count). The van der Waals surface area contributed by atoms with E-state index in [0.29, 0.717) is 22.4 Å². The molecule has 0 aliphatic rings. The minimum Gasteiger partial charge on any atom is -0.292 e. The summed E-state index contributed by atoms with van der Waals surface area (Å²) in [4.78, 5) is 24.8. The van der Waals surface area contributed by atoms with Gasteiger partial charge >= 0.3 is 0 Å². The number of carbonyl (C=O) groups is 1. The SMILES string of the molecule is CC[C@@H](C)c1ccc(C(=O)Cn2nnc3ccccc3c2=O)cc1. The van der Waals surface area contributed by atoms with Gasteiger partial charge in [0.15, 0.2) is 5.78 Å². The van der Waals surface area contributed by atoms with Crippen molar-refractivity contribution >= 4 is 16.7 Å². The highest BCUT2D eigenvalue weighted by molar-refractivity contribution is 5.96. The molecule has 0 saturated carbocycles. The summed E-state index contributed by atoms with van der Waals surface area (Å²) in [5.41, 5.74) is 2.01. The second-order valence-corrected chi connectivity index (χ2v) is 5.92. The molecule has 24 heavy (non-hydrogen) atoms. The molecule has 122 valence electrons. The normalized spacial score (nSPS) is 12.2. The van der Waals surface area contributed by atoms with Gasteiger partial charge in [-0.15, -0.1) is 5.10 Å². The quantitative estimate of drug-likeness (QED) is 0.677. The predicted octanol–water partition coefficient (Wildman–Crippen LogP) is 3.19. The molecule has 0 unspecified atom stereocenters. The molecule has 5 nitrogen and oxygen atoms in total. The Kier molecular flexibility index (Phi) is 4.51. The lowest BCUT2D eigenvalue weighted by atomic mass is 9.97. The Morgan fingerprint density at radius 1 is 1.12 bits per heavy atom. The Morgan fingerprint density at radius 3 is 2.54 bits per heavy atom. The Morgan fingerprint density at radius 2 is 1.83 bits per heavy atom. The van der Waals surface area contributed by atoms with Crippen LogP contribution in [0.15, 0.2) is 53.3 Å². The largest absolute Gasteiger partial charge is 0.292 e. The number of hydrogen-bond donors (Lipinski definition) is 0. The van der Waals surface area contributed by atoms with E-state index in [4.69, 9.17) is 0 Å². The molecule has 0 radical (unpaired) electrons. The van der Waals surface area contributed by atoms with Gasteiger partial charge in [-0.25, -0.2) is 4.68 Å². The van der Waals surface area contributed by atoms with Gasteiger partial charge in [0.1, 0.15) is 12.1 Å². The molecule has 0 fully saturated rings. The molecule has 0 bridgehead atoms. The molecule has 0 spiro atoms. The first kappa shape index (κ1) is 16.1. The van der Waals surface area contributed by atoms with E-state index in [1.54, 1.807) is 24.3 Å². The average Bonchev–Trinajstić information content (AvgIpc) is 2.63. The van der Waals surface area contributed by atoms with E-state index in [1.165, 1.54) is 5.56 Å². The first-order valence-corrected chi connectivity index (χ1v) is 8.06. The topological polar surface area (TPSA) is 64.8 Å². The summed E-state index contributed by atoms with van der Waals surface area (Å²) in [6.45, 7) is 4.18. The van der Waals surface area contributed by atoms with Crippen molar-refractivity contribution in [1.29, 1.82) is 0 Å². The number of carbonyl (C=O) groups excluding carboxylic acids is 1. The van der Waals surface area contributed by atoms with Gasteiger partial charge in [0.2, 0.25) is 0 Å². The van der Waals surface area contributed by atoms with E-state index in [0.717, 1.165) is 11.1 Å². The average molecular weight is 321 g/mol. The second kappa shape index (κ2) is 6.74. The highest BCUT2D eigenvalue weighted by Gasteiger charge is 2.12. The van der Waals surface area contributed by atoms with E-state index >= 15 is 0 Å². The van der Waals surface area contributed by atoms with Crippen LogP contribution in [-0.4, -0.2) is 20.8 Å². The van der Waals surface area contributed by atoms with Crippen LogP contribution < -0.4 is 5.56 Å². The molecule has 0 aliphatic heterocycles. The summed E-state index contributed by atoms with van der Waals surface area (Å²) in [6.07, 6.45) is 1.05. The van der Waals surface area contributed by atoms with Crippen LogP contribution in [0.5, 0.6) is 0 Å². The van der Waals surface area contributed by atoms with Gasteiger partial charge in [-0.1, -0.05) is 55.5 Å². The summed E-state index contributed by atoms with van der Waals surface area (Å²) in [5.74, 6) is 0.306. The van der Waals surface area contributed by atoms with Crippen LogP contribution in [0, 0.1) is 0 Å². The number of nitrogens with zero attached hydrogens (tertiary/aromatic N) is 3. The third-order valence-corrected chi connectivity index (χ3v) is 4.34. The van der Waals surface area contributed by atoms with E-state index in [9.17, 15) is 9.59 Å². The molecule has 0 N–H and O–H groups in total. The van der Waals surface area contributed by atoms with Crippen molar-refractivity contribution in [2.24, 2.45) is 0 Å². The Balaban J connectivity index is 1.85. The van der Waals surface area contributed by atoms with Gasteiger partial charge in [0, 0.05) is 5.56 Å². The summed E-state index contributed by atoms with van der Waals surface area (Å²) >= 11 is 0. The van der Waals surface area contributed by atoms with Crippen molar-refractivity contribution in [1.82, 2.24) is 15.0 Å². The molecule has 2 aromatic carbocycles. The number of aromatic nitrogens is 3. The fraction of sp³-hybridized carbons (Fsp3) is 0.263. The molecular weight excluding hydrogens is 302 g/mol. The highest BCUT2D eigenvalue weighted by Crippen LogP contribution is 2.19. The summed E-state index contributed by atoms with van der Waals surface area (Å²) < 4.78 is 1.12. The van der Waals surface area contributed by atoms with E-state index in [-0.39, 0.29) is 17.9 Å². The lowest BCUT2D eigenvalue weighted by Crippen LogP contribution is -2.27. The zero-order valence-electron chi connectivity index (χ0n) is 13.8. The third-order valence-electron chi connectivity index (χ3n) is 4.34. The number of fused-ring (bicyclic) bond motifs is 1. The zero-order valence-corrected chi connectivity index (χ0v) is 13.8. The van der Waals surface area contributed by atoms with E-state index in [2.05, 4.69) is 24.2 Å². The minimum absolute atomic E-state index is 0.112. The van der Waals surface area contributed by atoms with Crippen LogP contribution in [0.2, 0.25) is 0 Å². The van der Waals surface area contributed by atoms with Crippen molar-refractivity contribution in [2.75, 3.05) is 0 Å². The van der Waals surface area contributed by atoms with E-state index in [1.807, 2.05) is 24.3 Å². The fourth-order valence-corrected chi connectivity index (χ4v) is 2.59. The molecular formula is C19H19N3O2. The van der Waals surface area contributed by atoms with Crippen LogP contribution in [0.4, 0.5) is 0 Å². The van der Waals surface area contributed by atoms with Crippen LogP contribution in [0.25, 0.3) is 10.9 Å². The van der Waals surface area contributed by atoms with Crippen molar-refractivity contribution in [2.45, 2.75) is 32.7 Å². The molecule has 1 aromatic heterocycles. The standard InChI is InChI=1S/C19H19N3O2/c1-3-13(2)14-8-10-15(11-9-14)18(23)12-22-19(24)16-6-4-5-7-17(16)20-21-22/h4-11,13H,3,12H2,1-2H3/t13-/m1/s1. The second-order valence-electron chi connectivity index (χ2n) is 5.92. The van der Waals surface area contributed by atoms with Gasteiger partial charge in [-0.3, -0.25) is 9.59 Å². The van der Waals surface area contributed by atoms with Crippen molar-refractivity contribution in [3.63, 3.8) is 0 Å². The van der Waals surface area contributed by atoms with Crippen molar-refractivity contribution < 1.29 is 4.79 Å². The molecule has 0 aliphatic carbocycles. The monoisotopic (exact) mass is 321 g/mol.